The molecule has 1 amide bonds. The van der Waals surface area contributed by atoms with Crippen LogP contribution in [0.1, 0.15) is 11.1 Å². The van der Waals surface area contributed by atoms with Crippen LogP contribution in [0.2, 0.25) is 0 Å². The smallest absolute Gasteiger partial charge is 0.263 e. The van der Waals surface area contributed by atoms with Crippen LogP contribution in [0.25, 0.3) is 0 Å². The van der Waals surface area contributed by atoms with Gasteiger partial charge in [-0.3, -0.25) is 4.79 Å². The lowest BCUT2D eigenvalue weighted by atomic mass is 10.1. The van der Waals surface area contributed by atoms with E-state index in [1.807, 2.05) is 30.3 Å². The van der Waals surface area contributed by atoms with Gasteiger partial charge in [0.1, 0.15) is 23.2 Å². The number of methoxy groups -OCH3 is 1. The van der Waals surface area contributed by atoms with Crippen LogP contribution in [0.15, 0.2) is 60.3 Å². The first-order chi connectivity index (χ1) is 12.6. The third kappa shape index (κ3) is 5.95. The van der Waals surface area contributed by atoms with Crippen molar-refractivity contribution in [3.05, 3.63) is 77.2 Å². The molecule has 0 aliphatic rings. The molecule has 0 bridgehead atoms. The van der Waals surface area contributed by atoms with Crippen molar-refractivity contribution in [1.82, 2.24) is 10.6 Å². The maximum absolute atomic E-state index is 13.1. The number of carbonyl (C=O) groups excluding carboxylic acids is 1. The summed E-state index contributed by atoms with van der Waals surface area (Å²) in [5.74, 6) is -0.00493. The Hall–Kier alpha value is -3.33. The van der Waals surface area contributed by atoms with E-state index in [1.54, 1.807) is 19.2 Å². The maximum Gasteiger partial charge on any atom is 0.263 e. The molecule has 0 fully saturated rings. The number of nitrogens with zero attached hydrogens (tertiary/aromatic N) is 1. The monoisotopic (exact) mass is 353 g/mol. The van der Waals surface area contributed by atoms with Crippen molar-refractivity contribution in [3.63, 3.8) is 0 Å². The highest BCUT2D eigenvalue weighted by atomic mass is 19.1. The molecule has 134 valence electrons. The second-order valence-electron chi connectivity index (χ2n) is 5.53. The van der Waals surface area contributed by atoms with E-state index in [0.29, 0.717) is 19.5 Å². The van der Waals surface area contributed by atoms with Crippen LogP contribution in [-0.2, 0) is 17.8 Å². The highest BCUT2D eigenvalue weighted by Gasteiger charge is 2.08. The zero-order valence-electron chi connectivity index (χ0n) is 14.5. The van der Waals surface area contributed by atoms with E-state index in [-0.39, 0.29) is 11.4 Å². The van der Waals surface area contributed by atoms with E-state index >= 15 is 0 Å². The summed E-state index contributed by atoms with van der Waals surface area (Å²) in [6.07, 6.45) is 1.98. The van der Waals surface area contributed by atoms with Gasteiger partial charge < -0.3 is 15.4 Å². The Morgan fingerprint density at radius 2 is 2.00 bits per heavy atom. The highest BCUT2D eigenvalue weighted by Crippen LogP contribution is 2.11. The lowest BCUT2D eigenvalue weighted by Crippen LogP contribution is -2.27. The Bertz CT molecular complexity index is 811. The quantitative estimate of drug-likeness (QED) is 0.565. The van der Waals surface area contributed by atoms with Gasteiger partial charge in [-0.05, 0) is 41.8 Å². The summed E-state index contributed by atoms with van der Waals surface area (Å²) in [4.78, 5) is 12.0. The molecule has 2 aromatic rings. The number of rotatable bonds is 8. The average Bonchev–Trinajstić information content (AvgIpc) is 2.66. The van der Waals surface area contributed by atoms with Crippen LogP contribution in [-0.4, -0.2) is 19.6 Å². The van der Waals surface area contributed by atoms with Gasteiger partial charge in [0.15, 0.2) is 0 Å². The molecule has 0 aliphatic heterocycles. The largest absolute Gasteiger partial charge is 0.497 e. The van der Waals surface area contributed by atoms with Crippen LogP contribution in [0.5, 0.6) is 5.75 Å². The first-order valence-corrected chi connectivity index (χ1v) is 8.11. The molecule has 0 spiro atoms. The van der Waals surface area contributed by atoms with E-state index in [4.69, 9.17) is 10.00 Å². The Labute approximate surface area is 152 Å². The Morgan fingerprint density at radius 1 is 1.23 bits per heavy atom. The highest BCUT2D eigenvalue weighted by molar-refractivity contribution is 5.97. The molecule has 0 saturated carbocycles. The maximum atomic E-state index is 13.1. The molecule has 0 radical (unpaired) electrons. The van der Waals surface area contributed by atoms with Crippen molar-refractivity contribution in [2.45, 2.75) is 13.0 Å². The zero-order chi connectivity index (χ0) is 18.8. The minimum atomic E-state index is -0.451. The van der Waals surface area contributed by atoms with Gasteiger partial charge in [-0.1, -0.05) is 24.3 Å². The summed E-state index contributed by atoms with van der Waals surface area (Å²) in [6, 6.07) is 15.5. The van der Waals surface area contributed by atoms with E-state index in [2.05, 4.69) is 10.6 Å². The van der Waals surface area contributed by atoms with Gasteiger partial charge in [0.25, 0.3) is 5.91 Å². The van der Waals surface area contributed by atoms with E-state index < -0.39 is 5.91 Å². The summed E-state index contributed by atoms with van der Waals surface area (Å²) in [6.45, 7) is 0.732. The number of nitrogens with one attached hydrogen (secondary N) is 2. The fourth-order valence-electron chi connectivity index (χ4n) is 2.27. The lowest BCUT2D eigenvalue weighted by molar-refractivity contribution is -0.117. The molecule has 2 rings (SSSR count). The molecule has 2 aromatic carbocycles. The number of hydrogen-bond donors (Lipinski definition) is 2. The first-order valence-electron chi connectivity index (χ1n) is 8.11. The molecule has 0 aromatic heterocycles. The van der Waals surface area contributed by atoms with Gasteiger partial charge in [0.05, 0.1) is 7.11 Å². The minimum Gasteiger partial charge on any atom is -0.497 e. The third-order valence-electron chi connectivity index (χ3n) is 3.66. The second-order valence-corrected chi connectivity index (χ2v) is 5.53. The zero-order valence-corrected chi connectivity index (χ0v) is 14.5. The number of amides is 1. The van der Waals surface area contributed by atoms with E-state index in [0.717, 1.165) is 16.9 Å². The van der Waals surface area contributed by atoms with Crippen LogP contribution in [0.3, 0.4) is 0 Å². The third-order valence-corrected chi connectivity index (χ3v) is 3.66. The predicted molar refractivity (Wildman–Crippen MR) is 96.6 cm³/mol. The van der Waals surface area contributed by atoms with Crippen molar-refractivity contribution in [2.24, 2.45) is 0 Å². The standard InChI is InChI=1S/C20H20FN3O2/c1-26-19-7-5-15(6-8-19)9-10-24-20(25)17(12-22)14-23-13-16-3-2-4-18(21)11-16/h2-8,11,14,23H,9-10,13H2,1H3,(H,24,25)/b17-14-. The summed E-state index contributed by atoms with van der Waals surface area (Å²) >= 11 is 0. The molecule has 0 aliphatic carbocycles. The van der Waals surface area contributed by atoms with Crippen molar-refractivity contribution in [2.75, 3.05) is 13.7 Å². The number of carbonyl (C=O) groups is 1. The van der Waals surface area contributed by atoms with Gasteiger partial charge in [-0.15, -0.1) is 0 Å². The molecule has 0 heterocycles. The molecule has 6 heteroatoms. The molecule has 26 heavy (non-hydrogen) atoms. The van der Waals surface area contributed by atoms with Gasteiger partial charge in [-0.2, -0.15) is 5.26 Å². The number of hydrogen-bond acceptors (Lipinski definition) is 4. The Morgan fingerprint density at radius 3 is 2.65 bits per heavy atom. The fraction of sp³-hybridized carbons (Fsp3) is 0.200. The average molecular weight is 353 g/mol. The van der Waals surface area contributed by atoms with Crippen LogP contribution < -0.4 is 15.4 Å². The van der Waals surface area contributed by atoms with Crippen molar-refractivity contribution < 1.29 is 13.9 Å². The van der Waals surface area contributed by atoms with E-state index in [1.165, 1.54) is 18.3 Å². The van der Waals surface area contributed by atoms with Gasteiger partial charge in [-0.25, -0.2) is 4.39 Å². The number of benzene rings is 2. The number of ether oxygens (including phenoxy) is 1. The molecule has 0 atom stereocenters. The van der Waals surface area contributed by atoms with Crippen LogP contribution in [0, 0.1) is 17.1 Å². The van der Waals surface area contributed by atoms with Crippen molar-refractivity contribution in [3.8, 4) is 11.8 Å². The van der Waals surface area contributed by atoms with Crippen molar-refractivity contribution >= 4 is 5.91 Å². The topological polar surface area (TPSA) is 74.1 Å². The molecule has 0 unspecified atom stereocenters. The first kappa shape index (κ1) is 19.0. The Balaban J connectivity index is 1.80. The molecule has 0 saturated heterocycles. The van der Waals surface area contributed by atoms with Crippen LogP contribution >= 0.6 is 0 Å². The van der Waals surface area contributed by atoms with Gasteiger partial charge in [0, 0.05) is 19.3 Å². The number of nitriles is 1. The lowest BCUT2D eigenvalue weighted by Gasteiger charge is -2.06. The Kier molecular flexibility index (Phi) is 7.19. The van der Waals surface area contributed by atoms with Gasteiger partial charge in [0.2, 0.25) is 0 Å². The summed E-state index contributed by atoms with van der Waals surface area (Å²) in [5.41, 5.74) is 1.74. The second kappa shape index (κ2) is 9.84. The van der Waals surface area contributed by atoms with E-state index in [9.17, 15) is 9.18 Å². The van der Waals surface area contributed by atoms with Crippen LogP contribution in [0.4, 0.5) is 4.39 Å². The summed E-state index contributed by atoms with van der Waals surface area (Å²) in [7, 11) is 1.60. The fourth-order valence-corrected chi connectivity index (χ4v) is 2.27. The van der Waals surface area contributed by atoms with Crippen molar-refractivity contribution in [1.29, 1.82) is 5.26 Å². The van der Waals surface area contributed by atoms with Gasteiger partial charge >= 0.3 is 0 Å². The normalized spacial score (nSPS) is 10.7. The molecular formula is C20H20FN3O2. The molecule has 5 nitrogen and oxygen atoms in total. The summed E-state index contributed by atoms with van der Waals surface area (Å²) in [5, 5.41) is 14.7. The predicted octanol–water partition coefficient (Wildman–Crippen LogP) is 2.69. The molecule has 2 N–H and O–H groups in total. The summed E-state index contributed by atoms with van der Waals surface area (Å²) < 4.78 is 18.2. The minimum absolute atomic E-state index is 0.0314. The SMILES string of the molecule is COc1ccc(CCNC(=O)/C(C#N)=C\NCc2cccc(F)c2)cc1. The number of halogens is 1. The molecular weight excluding hydrogens is 333 g/mol.